The Balaban J connectivity index is 1.14. The van der Waals surface area contributed by atoms with Gasteiger partial charge in [0.05, 0.1) is 37.6 Å². The van der Waals surface area contributed by atoms with Crippen LogP contribution in [0.4, 0.5) is 0 Å². The zero-order valence-corrected chi connectivity index (χ0v) is 30.7. The Morgan fingerprint density at radius 3 is 2.09 bits per heavy atom. The van der Waals surface area contributed by atoms with Crippen LogP contribution in [0.3, 0.4) is 0 Å². The minimum Gasteiger partial charge on any atom is -0.508 e. The summed E-state index contributed by atoms with van der Waals surface area (Å²) in [6, 6.07) is 9.75. The maximum atomic E-state index is 13.3. The average molecular weight is 817 g/mol. The summed E-state index contributed by atoms with van der Waals surface area (Å²) in [6.45, 7) is 0.214. The van der Waals surface area contributed by atoms with Crippen molar-refractivity contribution in [1.82, 2.24) is 0 Å². The van der Waals surface area contributed by atoms with Gasteiger partial charge in [-0.2, -0.15) is 0 Å². The number of hydrogen-bond acceptors (Lipinski definition) is 19. The number of rotatable bonds is 12. The topological polar surface area (TPSA) is 293 Å². The Bertz CT molecular complexity index is 1880. The Morgan fingerprint density at radius 2 is 1.41 bits per heavy atom. The van der Waals surface area contributed by atoms with Crippen LogP contribution in [0.25, 0.3) is 12.2 Å². The van der Waals surface area contributed by atoms with Gasteiger partial charge in [0, 0.05) is 18.1 Å². The minimum atomic E-state index is -1.76. The van der Waals surface area contributed by atoms with Crippen LogP contribution in [0.1, 0.15) is 18.1 Å². The number of phenols is 3. The number of esters is 2. The second-order valence-electron chi connectivity index (χ2n) is 14.5. The highest BCUT2D eigenvalue weighted by molar-refractivity contribution is 5.88. The normalized spacial score (nSPS) is 39.2. The van der Waals surface area contributed by atoms with Gasteiger partial charge in [-0.3, -0.25) is 0 Å². The molecule has 1 aliphatic carbocycles. The van der Waals surface area contributed by atoms with Crippen molar-refractivity contribution in [1.29, 1.82) is 0 Å². The molecule has 0 spiro atoms. The predicted molar refractivity (Wildman–Crippen MR) is 191 cm³/mol. The molecular formula is C39H44O19. The van der Waals surface area contributed by atoms with E-state index >= 15 is 0 Å². The number of aliphatic hydroxyl groups is 6. The molecule has 1 saturated carbocycles. The molecule has 58 heavy (non-hydrogen) atoms. The summed E-state index contributed by atoms with van der Waals surface area (Å²) in [7, 11) is 0. The number of fused-ring (bicyclic) bond motifs is 3. The monoisotopic (exact) mass is 816 g/mol. The van der Waals surface area contributed by atoms with Gasteiger partial charge in [0.15, 0.2) is 36.3 Å². The van der Waals surface area contributed by atoms with E-state index in [0.717, 1.165) is 12.2 Å². The summed E-state index contributed by atoms with van der Waals surface area (Å²) < 4.78 is 47.2. The second kappa shape index (κ2) is 16.9. The molecule has 2 aromatic carbocycles. The summed E-state index contributed by atoms with van der Waals surface area (Å²) in [5.74, 6) is -4.29. The van der Waals surface area contributed by atoms with Crippen molar-refractivity contribution in [2.24, 2.45) is 11.8 Å². The lowest BCUT2D eigenvalue weighted by Crippen LogP contribution is -2.61. The number of hydrogen-bond donors (Lipinski definition) is 9. The number of ether oxygens (including phenoxy) is 8. The van der Waals surface area contributed by atoms with E-state index in [-0.39, 0.29) is 11.5 Å². The van der Waals surface area contributed by atoms with Crippen molar-refractivity contribution in [3.05, 3.63) is 78.1 Å². The first-order valence-electron chi connectivity index (χ1n) is 18.4. The van der Waals surface area contributed by atoms with Crippen LogP contribution >= 0.6 is 0 Å². The number of benzene rings is 2. The van der Waals surface area contributed by atoms with E-state index in [9.17, 15) is 55.5 Å². The van der Waals surface area contributed by atoms with Gasteiger partial charge in [-0.05, 0) is 60.5 Å². The van der Waals surface area contributed by atoms with Crippen LogP contribution < -0.4 is 0 Å². The lowest BCUT2D eigenvalue weighted by Gasteiger charge is -2.44. The lowest BCUT2D eigenvalue weighted by atomic mass is 9.85. The Labute approximate surface area is 330 Å². The van der Waals surface area contributed by atoms with Gasteiger partial charge in [0.1, 0.15) is 48.0 Å². The first kappa shape index (κ1) is 41.5. The molecule has 0 radical (unpaired) electrons. The summed E-state index contributed by atoms with van der Waals surface area (Å²) in [6.07, 6.45) is -10.9. The first-order chi connectivity index (χ1) is 27.7. The number of carbonyl (C=O) groups is 2. The van der Waals surface area contributed by atoms with Crippen molar-refractivity contribution in [3.63, 3.8) is 0 Å². The number of carbonyl (C=O) groups excluding carboxylic acids is 2. The van der Waals surface area contributed by atoms with Crippen LogP contribution in [-0.4, -0.2) is 157 Å². The van der Waals surface area contributed by atoms with Gasteiger partial charge < -0.3 is 83.9 Å². The standard InChI is InChI=1S/C39H44O19/c1-17-28(47)33(54-25(45)10-5-18-2-7-20(42)8-3-18)34(55-26(46)11-6-19-4-9-22(43)23(44)14-19)38(52-17)56-32-21-12-13-51-36(27(21)39(16-41)35(32)58-39)57-37-31(50)30(49)29(48)24(15-40)53-37/h2-14,17,21,24,27-38,40-44,47-50H,15-16H2,1H3/t17-,21+,24+,27+,28-,29+,30-,31+,32-,33+,34+,35-,36-,37-,38-,39+/m0/s1. The third kappa shape index (κ3) is 8.16. The fourth-order valence-corrected chi connectivity index (χ4v) is 7.72. The zero-order valence-electron chi connectivity index (χ0n) is 30.7. The Morgan fingerprint density at radius 1 is 0.741 bits per heavy atom. The van der Waals surface area contributed by atoms with Crippen molar-refractivity contribution >= 4 is 24.1 Å². The molecule has 19 heteroatoms. The number of phenolic OH excluding ortho intramolecular Hbond substituents is 3. The van der Waals surface area contributed by atoms with E-state index in [1.165, 1.54) is 55.7 Å². The highest BCUT2D eigenvalue weighted by atomic mass is 16.8. The SMILES string of the molecule is C[C@@H]1O[C@@H](O[C@H]2[C@@H]3C=CO[C@@H](O[C@@H]4O[C@H](CO)[C@@H](O)[C@H](O)[C@H]4O)[C@@H]3[C@@]3(CO)O[C@@H]23)[C@H](OC(=O)C=Cc2ccc(O)c(O)c2)[C@H](OC(=O)C=Cc2ccc(O)cc2)[C@H]1O. The second-order valence-corrected chi connectivity index (χ2v) is 14.5. The van der Waals surface area contributed by atoms with Crippen molar-refractivity contribution < 1.29 is 93.4 Å². The van der Waals surface area contributed by atoms with Gasteiger partial charge in [0.2, 0.25) is 6.29 Å². The molecule has 314 valence electrons. The van der Waals surface area contributed by atoms with Gasteiger partial charge in [-0.15, -0.1) is 0 Å². The number of epoxide rings is 1. The summed E-state index contributed by atoms with van der Waals surface area (Å²) in [5.41, 5.74) is -0.490. The first-order valence-corrected chi connectivity index (χ1v) is 18.4. The molecule has 0 amide bonds. The summed E-state index contributed by atoms with van der Waals surface area (Å²) in [4.78, 5) is 26.5. The van der Waals surface area contributed by atoms with Crippen molar-refractivity contribution in [3.8, 4) is 17.2 Å². The van der Waals surface area contributed by atoms with Gasteiger partial charge in [-0.25, -0.2) is 9.59 Å². The van der Waals surface area contributed by atoms with E-state index in [0.29, 0.717) is 11.1 Å². The van der Waals surface area contributed by atoms with Crippen LogP contribution in [0.15, 0.2) is 67.0 Å². The molecule has 0 bridgehead atoms. The molecule has 7 rings (SSSR count). The van der Waals surface area contributed by atoms with E-state index < -0.39 is 128 Å². The quantitative estimate of drug-likeness (QED) is 0.0532. The number of aliphatic hydroxyl groups excluding tert-OH is 6. The van der Waals surface area contributed by atoms with E-state index in [1.807, 2.05) is 0 Å². The molecule has 0 unspecified atom stereocenters. The lowest BCUT2D eigenvalue weighted by molar-refractivity contribution is -0.347. The third-order valence-electron chi connectivity index (χ3n) is 10.9. The van der Waals surface area contributed by atoms with Gasteiger partial charge in [0.25, 0.3) is 0 Å². The van der Waals surface area contributed by atoms with Crippen LogP contribution in [0.2, 0.25) is 0 Å². The smallest absolute Gasteiger partial charge is 0.331 e. The molecule has 4 aliphatic heterocycles. The molecule has 16 atom stereocenters. The van der Waals surface area contributed by atoms with E-state index in [1.54, 1.807) is 18.2 Å². The molecule has 5 aliphatic rings. The molecule has 19 nitrogen and oxygen atoms in total. The van der Waals surface area contributed by atoms with Gasteiger partial charge in [-0.1, -0.05) is 18.2 Å². The maximum absolute atomic E-state index is 13.3. The fraction of sp³-hybridized carbons (Fsp3) is 0.487. The average Bonchev–Trinajstić information content (AvgIpc) is 3.89. The maximum Gasteiger partial charge on any atom is 0.331 e. The Hall–Kier alpha value is -4.64. The molecule has 2 aromatic rings. The van der Waals surface area contributed by atoms with E-state index in [4.69, 9.17) is 37.9 Å². The van der Waals surface area contributed by atoms with Crippen molar-refractivity contribution in [2.45, 2.75) is 92.4 Å². The summed E-state index contributed by atoms with van der Waals surface area (Å²) >= 11 is 0. The van der Waals surface area contributed by atoms with Crippen LogP contribution in [-0.2, 0) is 47.5 Å². The predicted octanol–water partition coefficient (Wildman–Crippen LogP) is -1.09. The molecule has 0 aromatic heterocycles. The van der Waals surface area contributed by atoms with E-state index in [2.05, 4.69) is 0 Å². The fourth-order valence-electron chi connectivity index (χ4n) is 7.72. The van der Waals surface area contributed by atoms with Crippen LogP contribution in [0, 0.1) is 11.8 Å². The largest absolute Gasteiger partial charge is 0.508 e. The third-order valence-corrected chi connectivity index (χ3v) is 10.9. The van der Waals surface area contributed by atoms with Gasteiger partial charge >= 0.3 is 11.9 Å². The highest BCUT2D eigenvalue weighted by Gasteiger charge is 2.77. The highest BCUT2D eigenvalue weighted by Crippen LogP contribution is 2.61. The van der Waals surface area contributed by atoms with Crippen molar-refractivity contribution in [2.75, 3.05) is 13.2 Å². The van der Waals surface area contributed by atoms with Crippen LogP contribution in [0.5, 0.6) is 17.2 Å². The molecular weight excluding hydrogens is 772 g/mol. The molecule has 4 fully saturated rings. The molecule has 4 heterocycles. The molecule has 3 saturated heterocycles. The molecule has 9 N–H and O–H groups in total. The summed E-state index contributed by atoms with van der Waals surface area (Å²) in [5, 5.41) is 91.9. The Kier molecular flexibility index (Phi) is 12.1. The zero-order chi connectivity index (χ0) is 41.5. The minimum absolute atomic E-state index is 0.0144. The number of aromatic hydroxyl groups is 3.